The number of hydrazine groups is 1. The lowest BCUT2D eigenvalue weighted by Crippen LogP contribution is -2.31. The molecule has 2 aromatic heterocycles. The van der Waals surface area contributed by atoms with Crippen LogP contribution in [-0.4, -0.2) is 14.8 Å². The number of benzene rings is 1. The van der Waals surface area contributed by atoms with E-state index in [0.29, 0.717) is 0 Å². The molecule has 0 aliphatic rings. The maximum Gasteiger partial charge on any atom is 0.0896 e. The van der Waals surface area contributed by atoms with Crippen LogP contribution < -0.4 is 11.3 Å². The van der Waals surface area contributed by atoms with Gasteiger partial charge in [0.15, 0.2) is 0 Å². The molecule has 0 amide bonds. The van der Waals surface area contributed by atoms with E-state index in [1.165, 1.54) is 0 Å². The number of hydrogen-bond acceptors (Lipinski definition) is 4. The molecule has 0 bridgehead atoms. The van der Waals surface area contributed by atoms with Crippen LogP contribution in [0.1, 0.15) is 24.2 Å². The van der Waals surface area contributed by atoms with Crippen molar-refractivity contribution in [1.82, 2.24) is 20.2 Å². The van der Waals surface area contributed by atoms with E-state index in [2.05, 4.69) is 44.4 Å². The molecule has 5 nitrogen and oxygen atoms in total. The molecule has 3 N–H and O–H groups in total. The topological polar surface area (TPSA) is 68.8 Å². The van der Waals surface area contributed by atoms with Crippen molar-refractivity contribution in [3.05, 3.63) is 58.5 Å². The van der Waals surface area contributed by atoms with Gasteiger partial charge in [0.1, 0.15) is 0 Å². The lowest BCUT2D eigenvalue weighted by atomic mass is 10.00. The van der Waals surface area contributed by atoms with E-state index in [-0.39, 0.29) is 6.04 Å². The first-order valence-corrected chi connectivity index (χ1v) is 7.56. The lowest BCUT2D eigenvalue weighted by Gasteiger charge is -2.20. The predicted octanol–water partition coefficient (Wildman–Crippen LogP) is 2.77. The smallest absolute Gasteiger partial charge is 0.0896 e. The molecule has 2 heterocycles. The molecule has 6 heteroatoms. The van der Waals surface area contributed by atoms with E-state index in [1.807, 2.05) is 35.1 Å². The van der Waals surface area contributed by atoms with Crippen LogP contribution in [0.5, 0.6) is 0 Å². The molecule has 1 atom stereocenters. The number of nitrogens with zero attached hydrogens (tertiary/aromatic N) is 3. The molecule has 108 valence electrons. The van der Waals surface area contributed by atoms with E-state index in [1.54, 1.807) is 6.20 Å². The van der Waals surface area contributed by atoms with Gasteiger partial charge in [0.25, 0.3) is 0 Å². The molecule has 0 aliphatic heterocycles. The summed E-state index contributed by atoms with van der Waals surface area (Å²) >= 11 is 3.57. The summed E-state index contributed by atoms with van der Waals surface area (Å²) in [5.74, 6) is 5.85. The molecule has 1 unspecified atom stereocenters. The largest absolute Gasteiger partial charge is 0.271 e. The van der Waals surface area contributed by atoms with Gasteiger partial charge in [-0.2, -0.15) is 5.10 Å². The van der Waals surface area contributed by atoms with Gasteiger partial charge >= 0.3 is 0 Å². The fourth-order valence-corrected chi connectivity index (χ4v) is 3.12. The van der Waals surface area contributed by atoms with Gasteiger partial charge in [0.05, 0.1) is 27.9 Å². The molecular weight excluding hydrogens is 330 g/mol. The third-order valence-electron chi connectivity index (χ3n) is 3.57. The van der Waals surface area contributed by atoms with Crippen molar-refractivity contribution in [2.45, 2.75) is 19.5 Å². The second kappa shape index (κ2) is 5.93. The molecule has 3 aromatic rings. The molecule has 0 aliphatic carbocycles. The Morgan fingerprint density at radius 1 is 1.33 bits per heavy atom. The van der Waals surface area contributed by atoms with Gasteiger partial charge in [-0.05, 0) is 40.5 Å². The van der Waals surface area contributed by atoms with Crippen LogP contribution in [0, 0.1) is 0 Å². The van der Waals surface area contributed by atoms with Crippen molar-refractivity contribution >= 4 is 26.8 Å². The molecule has 0 fully saturated rings. The fraction of sp³-hybridized carbons (Fsp3) is 0.200. The van der Waals surface area contributed by atoms with Crippen LogP contribution in [0.4, 0.5) is 0 Å². The highest BCUT2D eigenvalue weighted by molar-refractivity contribution is 9.10. The number of aryl methyl sites for hydroxylation is 1. The van der Waals surface area contributed by atoms with Crippen LogP contribution in [0.3, 0.4) is 0 Å². The zero-order valence-corrected chi connectivity index (χ0v) is 13.2. The second-order valence-electron chi connectivity index (χ2n) is 4.71. The van der Waals surface area contributed by atoms with Crippen LogP contribution in [0.15, 0.2) is 47.2 Å². The number of fused-ring (bicyclic) bond motifs is 1. The second-order valence-corrected chi connectivity index (χ2v) is 5.56. The first-order chi connectivity index (χ1) is 10.3. The van der Waals surface area contributed by atoms with Crippen LogP contribution in [0.2, 0.25) is 0 Å². The van der Waals surface area contributed by atoms with Gasteiger partial charge in [-0.1, -0.05) is 18.2 Å². The van der Waals surface area contributed by atoms with Crippen molar-refractivity contribution < 1.29 is 0 Å². The van der Waals surface area contributed by atoms with Crippen molar-refractivity contribution in [2.75, 3.05) is 0 Å². The third-order valence-corrected chi connectivity index (χ3v) is 4.18. The number of pyridine rings is 1. The summed E-state index contributed by atoms with van der Waals surface area (Å²) in [6.07, 6.45) is 3.61. The Kier molecular flexibility index (Phi) is 4.01. The quantitative estimate of drug-likeness (QED) is 0.563. The maximum absolute atomic E-state index is 5.85. The minimum Gasteiger partial charge on any atom is -0.271 e. The van der Waals surface area contributed by atoms with Gasteiger partial charge in [-0.3, -0.25) is 15.5 Å². The Bertz CT molecular complexity index is 762. The highest BCUT2D eigenvalue weighted by Gasteiger charge is 2.22. The minimum atomic E-state index is -0.158. The van der Waals surface area contributed by atoms with Crippen molar-refractivity contribution in [3.8, 4) is 0 Å². The Hall–Kier alpha value is -1.76. The van der Waals surface area contributed by atoms with E-state index < -0.39 is 0 Å². The molecule has 3 rings (SSSR count). The summed E-state index contributed by atoms with van der Waals surface area (Å²) in [5, 5.41) is 5.45. The molecule has 0 saturated heterocycles. The van der Waals surface area contributed by atoms with E-state index >= 15 is 0 Å². The molecule has 0 radical (unpaired) electrons. The fourth-order valence-electron chi connectivity index (χ4n) is 2.60. The van der Waals surface area contributed by atoms with Crippen molar-refractivity contribution in [3.63, 3.8) is 0 Å². The Labute approximate surface area is 131 Å². The van der Waals surface area contributed by atoms with Gasteiger partial charge in [-0.15, -0.1) is 0 Å². The number of nitrogens with two attached hydrogens (primary N) is 1. The van der Waals surface area contributed by atoms with E-state index in [4.69, 9.17) is 5.84 Å². The van der Waals surface area contributed by atoms with Crippen LogP contribution in [0.25, 0.3) is 10.9 Å². The molecular formula is C15H16BrN5. The average Bonchev–Trinajstić information content (AvgIpc) is 2.90. The summed E-state index contributed by atoms with van der Waals surface area (Å²) in [6, 6.07) is 9.88. The monoisotopic (exact) mass is 345 g/mol. The zero-order chi connectivity index (χ0) is 14.8. The number of para-hydroxylation sites is 1. The molecule has 21 heavy (non-hydrogen) atoms. The average molecular weight is 346 g/mol. The number of rotatable bonds is 4. The lowest BCUT2D eigenvalue weighted by molar-refractivity contribution is 0.544. The SMILES string of the molecule is CCn1ncc(Br)c1C(NN)c1ccnc2ccccc12. The first-order valence-electron chi connectivity index (χ1n) is 6.77. The summed E-state index contributed by atoms with van der Waals surface area (Å²) in [7, 11) is 0. The zero-order valence-electron chi connectivity index (χ0n) is 11.6. The van der Waals surface area contributed by atoms with Gasteiger partial charge in [0.2, 0.25) is 0 Å². The highest BCUT2D eigenvalue weighted by atomic mass is 79.9. The van der Waals surface area contributed by atoms with Crippen LogP contribution in [-0.2, 0) is 6.54 Å². The minimum absolute atomic E-state index is 0.158. The first kappa shape index (κ1) is 14.2. The number of hydrogen-bond donors (Lipinski definition) is 2. The van der Waals surface area contributed by atoms with E-state index in [0.717, 1.165) is 33.2 Å². The van der Waals surface area contributed by atoms with Gasteiger partial charge < -0.3 is 0 Å². The van der Waals surface area contributed by atoms with Gasteiger partial charge in [-0.25, -0.2) is 5.43 Å². The Balaban J connectivity index is 2.21. The standard InChI is InChI=1S/C15H16BrN5/c1-2-21-15(12(16)9-19-21)14(20-17)11-7-8-18-13-6-4-3-5-10(11)13/h3-9,14,20H,2,17H2,1H3. The highest BCUT2D eigenvalue weighted by Crippen LogP contribution is 2.31. The van der Waals surface area contributed by atoms with Crippen LogP contribution >= 0.6 is 15.9 Å². The number of aromatic nitrogens is 3. The predicted molar refractivity (Wildman–Crippen MR) is 86.5 cm³/mol. The van der Waals surface area contributed by atoms with E-state index in [9.17, 15) is 0 Å². The maximum atomic E-state index is 5.85. The summed E-state index contributed by atoms with van der Waals surface area (Å²) in [6.45, 7) is 2.84. The van der Waals surface area contributed by atoms with Gasteiger partial charge in [0, 0.05) is 18.1 Å². The third kappa shape index (κ3) is 2.46. The molecule has 0 saturated carbocycles. The molecule has 0 spiro atoms. The Morgan fingerprint density at radius 3 is 2.90 bits per heavy atom. The summed E-state index contributed by atoms with van der Waals surface area (Å²) < 4.78 is 2.87. The van der Waals surface area contributed by atoms with Crippen molar-refractivity contribution in [1.29, 1.82) is 0 Å². The summed E-state index contributed by atoms with van der Waals surface area (Å²) in [5.41, 5.74) is 5.96. The Morgan fingerprint density at radius 2 is 2.14 bits per heavy atom. The van der Waals surface area contributed by atoms with Crippen molar-refractivity contribution in [2.24, 2.45) is 5.84 Å². The number of halogens is 1. The summed E-state index contributed by atoms with van der Waals surface area (Å²) in [4.78, 5) is 4.40. The number of nitrogens with one attached hydrogen (secondary N) is 1. The normalized spacial score (nSPS) is 12.7. The molecule has 1 aromatic carbocycles.